The second-order valence-corrected chi connectivity index (χ2v) is 10.1. The number of rotatable bonds is 10. The van der Waals surface area contributed by atoms with E-state index in [0.717, 1.165) is 11.6 Å². The summed E-state index contributed by atoms with van der Waals surface area (Å²) >= 11 is 0. The number of hydrogen-bond acceptors (Lipinski definition) is 7. The van der Waals surface area contributed by atoms with E-state index in [1.807, 2.05) is 18.2 Å². The molecule has 2 amide bonds. The summed E-state index contributed by atoms with van der Waals surface area (Å²) < 4.78 is 32.3. The molecule has 0 heterocycles. The summed E-state index contributed by atoms with van der Waals surface area (Å²) in [6, 6.07) is 12.7. The summed E-state index contributed by atoms with van der Waals surface area (Å²) in [5.41, 5.74) is -0.291. The Morgan fingerprint density at radius 1 is 1.06 bits per heavy atom. The van der Waals surface area contributed by atoms with E-state index in [9.17, 15) is 28.1 Å². The SMILES string of the molecule is CC(C)(C)OC(=O)NC(Cc1ccccc1)C(=O)NCCNS(=O)(=O)c1cccc([N+](=O)[O-])c1. The first-order valence-electron chi connectivity index (χ1n) is 10.4. The van der Waals surface area contributed by atoms with Crippen molar-refractivity contribution in [3.05, 3.63) is 70.3 Å². The van der Waals surface area contributed by atoms with E-state index >= 15 is 0 Å². The average molecular weight is 493 g/mol. The number of nitro groups is 1. The molecule has 0 bridgehead atoms. The van der Waals surface area contributed by atoms with Crippen LogP contribution in [0.25, 0.3) is 0 Å². The van der Waals surface area contributed by atoms with E-state index in [4.69, 9.17) is 4.74 Å². The fraction of sp³-hybridized carbons (Fsp3) is 0.364. The van der Waals surface area contributed by atoms with Crippen LogP contribution < -0.4 is 15.4 Å². The highest BCUT2D eigenvalue weighted by Crippen LogP contribution is 2.17. The van der Waals surface area contributed by atoms with E-state index in [1.54, 1.807) is 32.9 Å². The summed E-state index contributed by atoms with van der Waals surface area (Å²) in [6.45, 7) is 4.86. The third kappa shape index (κ3) is 8.79. The number of ether oxygens (including phenoxy) is 1. The van der Waals surface area contributed by atoms with Gasteiger partial charge >= 0.3 is 6.09 Å². The van der Waals surface area contributed by atoms with Crippen LogP contribution in [-0.4, -0.2) is 50.1 Å². The monoisotopic (exact) mass is 492 g/mol. The Balaban J connectivity index is 1.98. The van der Waals surface area contributed by atoms with Crippen molar-refractivity contribution in [2.24, 2.45) is 0 Å². The Morgan fingerprint density at radius 3 is 2.35 bits per heavy atom. The molecule has 0 aliphatic carbocycles. The van der Waals surface area contributed by atoms with E-state index in [2.05, 4.69) is 15.4 Å². The molecule has 0 fully saturated rings. The van der Waals surface area contributed by atoms with Crippen molar-refractivity contribution in [1.82, 2.24) is 15.4 Å². The summed E-state index contributed by atoms with van der Waals surface area (Å²) in [5, 5.41) is 16.0. The number of alkyl carbamates (subject to hydrolysis) is 1. The zero-order valence-electron chi connectivity index (χ0n) is 19.1. The molecule has 1 atom stereocenters. The maximum Gasteiger partial charge on any atom is 0.408 e. The van der Waals surface area contributed by atoms with Crippen LogP contribution in [0.5, 0.6) is 0 Å². The van der Waals surface area contributed by atoms with Crippen molar-refractivity contribution in [3.8, 4) is 0 Å². The van der Waals surface area contributed by atoms with Crippen LogP contribution in [-0.2, 0) is 26.0 Å². The minimum absolute atomic E-state index is 0.0751. The molecular weight excluding hydrogens is 464 g/mol. The van der Waals surface area contributed by atoms with Gasteiger partial charge in [0.2, 0.25) is 15.9 Å². The summed E-state index contributed by atoms with van der Waals surface area (Å²) in [4.78, 5) is 34.8. The van der Waals surface area contributed by atoms with Gasteiger partial charge in [0.15, 0.2) is 0 Å². The highest BCUT2D eigenvalue weighted by Gasteiger charge is 2.25. The van der Waals surface area contributed by atoms with Gasteiger partial charge in [-0.15, -0.1) is 0 Å². The van der Waals surface area contributed by atoms with Gasteiger partial charge in [0.25, 0.3) is 5.69 Å². The summed E-state index contributed by atoms with van der Waals surface area (Å²) in [5.74, 6) is -0.524. The topological polar surface area (TPSA) is 157 Å². The van der Waals surface area contributed by atoms with E-state index in [1.165, 1.54) is 18.2 Å². The molecular formula is C22H28N4O7S. The fourth-order valence-electron chi connectivity index (χ4n) is 2.85. The lowest BCUT2D eigenvalue weighted by atomic mass is 10.1. The highest BCUT2D eigenvalue weighted by atomic mass is 32.2. The molecule has 2 aromatic rings. The van der Waals surface area contributed by atoms with Gasteiger partial charge in [-0.05, 0) is 32.4 Å². The van der Waals surface area contributed by atoms with Gasteiger partial charge in [-0.1, -0.05) is 36.4 Å². The third-order valence-electron chi connectivity index (χ3n) is 4.35. The minimum Gasteiger partial charge on any atom is -0.444 e. The molecule has 11 nitrogen and oxygen atoms in total. The highest BCUT2D eigenvalue weighted by molar-refractivity contribution is 7.89. The fourth-order valence-corrected chi connectivity index (χ4v) is 3.92. The van der Waals surface area contributed by atoms with Crippen molar-refractivity contribution in [3.63, 3.8) is 0 Å². The predicted octanol–water partition coefficient (Wildman–Crippen LogP) is 2.13. The number of non-ortho nitro benzene ring substituents is 1. The number of hydrogen-bond donors (Lipinski definition) is 3. The first kappa shape index (κ1) is 26.7. The number of amides is 2. The molecule has 0 saturated heterocycles. The number of carbonyl (C=O) groups is 2. The molecule has 34 heavy (non-hydrogen) atoms. The van der Waals surface area contributed by atoms with E-state index < -0.39 is 38.6 Å². The van der Waals surface area contributed by atoms with Crippen molar-refractivity contribution in [2.75, 3.05) is 13.1 Å². The molecule has 2 rings (SSSR count). The number of sulfonamides is 1. The Morgan fingerprint density at radius 2 is 1.74 bits per heavy atom. The number of carbonyl (C=O) groups excluding carboxylic acids is 2. The van der Waals surface area contributed by atoms with Crippen LogP contribution in [0.3, 0.4) is 0 Å². The maximum atomic E-state index is 12.7. The van der Waals surface area contributed by atoms with Crippen LogP contribution >= 0.6 is 0 Å². The quantitative estimate of drug-likeness (QED) is 0.260. The number of nitrogens with one attached hydrogen (secondary N) is 3. The second-order valence-electron chi connectivity index (χ2n) is 8.33. The van der Waals surface area contributed by atoms with Gasteiger partial charge in [-0.25, -0.2) is 17.9 Å². The van der Waals surface area contributed by atoms with Gasteiger partial charge in [-0.3, -0.25) is 14.9 Å². The third-order valence-corrected chi connectivity index (χ3v) is 5.80. The molecule has 0 spiro atoms. The first-order valence-corrected chi connectivity index (χ1v) is 11.9. The molecule has 2 aromatic carbocycles. The maximum absolute atomic E-state index is 12.7. The second kappa shape index (κ2) is 11.6. The normalized spacial score (nSPS) is 12.4. The molecule has 0 saturated carbocycles. The Hall–Kier alpha value is -3.51. The van der Waals surface area contributed by atoms with E-state index in [0.29, 0.717) is 0 Å². The summed E-state index contributed by atoms with van der Waals surface area (Å²) in [7, 11) is -4.02. The van der Waals surface area contributed by atoms with Gasteiger partial charge < -0.3 is 15.4 Å². The molecule has 0 aliphatic heterocycles. The number of nitrogens with zero attached hydrogens (tertiary/aromatic N) is 1. The number of benzene rings is 2. The Labute approximate surface area is 198 Å². The minimum atomic E-state index is -4.02. The Bertz CT molecular complexity index is 1120. The van der Waals surface area contributed by atoms with Crippen LogP contribution in [0.2, 0.25) is 0 Å². The van der Waals surface area contributed by atoms with Gasteiger partial charge in [0, 0.05) is 31.6 Å². The zero-order chi connectivity index (χ0) is 25.4. The van der Waals surface area contributed by atoms with Gasteiger partial charge in [0.1, 0.15) is 11.6 Å². The lowest BCUT2D eigenvalue weighted by Crippen LogP contribution is -2.50. The van der Waals surface area contributed by atoms with Crippen molar-refractivity contribution >= 4 is 27.7 Å². The molecule has 3 N–H and O–H groups in total. The van der Waals surface area contributed by atoms with Crippen LogP contribution in [0.4, 0.5) is 10.5 Å². The van der Waals surface area contributed by atoms with Crippen LogP contribution in [0, 0.1) is 10.1 Å². The molecule has 184 valence electrons. The first-order chi connectivity index (χ1) is 15.9. The van der Waals surface area contributed by atoms with Crippen LogP contribution in [0.15, 0.2) is 59.5 Å². The smallest absolute Gasteiger partial charge is 0.408 e. The van der Waals surface area contributed by atoms with Crippen molar-refractivity contribution < 1.29 is 27.7 Å². The lowest BCUT2D eigenvalue weighted by Gasteiger charge is -2.23. The molecule has 1 unspecified atom stereocenters. The standard InChI is InChI=1S/C22H28N4O7S/c1-22(2,3)33-21(28)25-19(14-16-8-5-4-6-9-16)20(27)23-12-13-24-34(31,32)18-11-7-10-17(15-18)26(29)30/h4-11,15,19,24H,12-14H2,1-3H3,(H,23,27)(H,25,28). The van der Waals surface area contributed by atoms with Gasteiger partial charge in [-0.2, -0.15) is 0 Å². The van der Waals surface area contributed by atoms with E-state index in [-0.39, 0.29) is 30.1 Å². The predicted molar refractivity (Wildman–Crippen MR) is 125 cm³/mol. The molecule has 12 heteroatoms. The largest absolute Gasteiger partial charge is 0.444 e. The Kier molecular flexibility index (Phi) is 9.10. The molecule has 0 aliphatic rings. The lowest BCUT2D eigenvalue weighted by molar-refractivity contribution is -0.385. The average Bonchev–Trinajstić information content (AvgIpc) is 2.75. The van der Waals surface area contributed by atoms with Gasteiger partial charge in [0.05, 0.1) is 9.82 Å². The zero-order valence-corrected chi connectivity index (χ0v) is 19.9. The van der Waals surface area contributed by atoms with Crippen molar-refractivity contribution in [2.45, 2.75) is 43.7 Å². The summed E-state index contributed by atoms with van der Waals surface area (Å²) in [6.07, 6.45) is -0.555. The van der Waals surface area contributed by atoms with Crippen molar-refractivity contribution in [1.29, 1.82) is 0 Å². The van der Waals surface area contributed by atoms with Crippen LogP contribution in [0.1, 0.15) is 26.3 Å². The molecule has 0 radical (unpaired) electrons. The number of nitro benzene ring substituents is 1. The molecule has 0 aromatic heterocycles.